The molecule has 0 unspecified atom stereocenters. The Morgan fingerprint density at radius 3 is 2.49 bits per heavy atom. The van der Waals surface area contributed by atoms with E-state index >= 15 is 0 Å². The molecule has 2 aliphatic heterocycles. The monoisotopic (exact) mass is 611 g/mol. The van der Waals surface area contributed by atoms with Gasteiger partial charge in [0.05, 0.1) is 22.5 Å². The van der Waals surface area contributed by atoms with Crippen molar-refractivity contribution in [2.24, 2.45) is 5.92 Å². The van der Waals surface area contributed by atoms with E-state index in [9.17, 15) is 13.2 Å². The van der Waals surface area contributed by atoms with Crippen molar-refractivity contribution in [3.05, 3.63) is 41.5 Å². The maximum absolute atomic E-state index is 13.4. The zero-order chi connectivity index (χ0) is 30.1. The van der Waals surface area contributed by atoms with E-state index in [-0.39, 0.29) is 5.69 Å². The summed E-state index contributed by atoms with van der Waals surface area (Å²) in [6.07, 6.45) is 8.79. The largest absolute Gasteiger partial charge is 0.384 e. The summed E-state index contributed by atoms with van der Waals surface area (Å²) in [4.78, 5) is 25.2. The molecule has 13 heteroatoms. The standard InChI is InChI=1S/C30H41N7O5S/c1-35(2)43(39,40)34-30(38)25-18-26(36-13-8-20(9-14-36)19-41-3)27-28(22-5-4-6-22)33-37(29(27)32-25)23-7-12-31-24(17-23)21-10-15-42-16-11-21/h7,12,17-18,20-22H,4-6,8-11,13-16,19H2,1-3H3,(H,34,38). The Hall–Kier alpha value is -3.13. The van der Waals surface area contributed by atoms with E-state index in [1.807, 2.05) is 10.7 Å². The summed E-state index contributed by atoms with van der Waals surface area (Å²) in [5.41, 5.74) is 4.26. The van der Waals surface area contributed by atoms with Crippen LogP contribution in [0.15, 0.2) is 24.4 Å². The number of rotatable bonds is 9. The second kappa shape index (κ2) is 12.5. The van der Waals surface area contributed by atoms with E-state index in [2.05, 4.69) is 20.7 Å². The number of pyridine rings is 2. The van der Waals surface area contributed by atoms with Crippen molar-refractivity contribution in [3.63, 3.8) is 0 Å². The fraction of sp³-hybridized carbons (Fsp3) is 0.600. The van der Waals surface area contributed by atoms with Gasteiger partial charge < -0.3 is 14.4 Å². The molecule has 1 amide bonds. The van der Waals surface area contributed by atoms with Crippen molar-refractivity contribution >= 4 is 32.8 Å². The highest BCUT2D eigenvalue weighted by molar-refractivity contribution is 7.87. The Morgan fingerprint density at radius 2 is 1.84 bits per heavy atom. The van der Waals surface area contributed by atoms with E-state index in [4.69, 9.17) is 19.6 Å². The number of methoxy groups -OCH3 is 1. The van der Waals surface area contributed by atoms with Gasteiger partial charge in [0.2, 0.25) is 0 Å². The number of ether oxygens (including phenoxy) is 2. The van der Waals surface area contributed by atoms with Gasteiger partial charge in [-0.1, -0.05) is 6.42 Å². The van der Waals surface area contributed by atoms with Gasteiger partial charge in [0.1, 0.15) is 5.69 Å². The number of aromatic nitrogens is 4. The lowest BCUT2D eigenvalue weighted by atomic mass is 9.82. The molecule has 3 aromatic rings. The van der Waals surface area contributed by atoms with Crippen LogP contribution in [0.25, 0.3) is 16.7 Å². The van der Waals surface area contributed by atoms with Crippen LogP contribution < -0.4 is 9.62 Å². The maximum atomic E-state index is 13.4. The van der Waals surface area contributed by atoms with Crippen molar-refractivity contribution in [2.45, 2.75) is 56.8 Å². The molecule has 1 saturated carbocycles. The van der Waals surface area contributed by atoms with Gasteiger partial charge >= 0.3 is 10.2 Å². The number of fused-ring (bicyclic) bond motifs is 1. The van der Waals surface area contributed by atoms with Gasteiger partial charge in [-0.15, -0.1) is 0 Å². The zero-order valence-electron chi connectivity index (χ0n) is 25.2. The Bertz CT molecular complexity index is 1570. The minimum absolute atomic E-state index is 0.0342. The summed E-state index contributed by atoms with van der Waals surface area (Å²) < 4.78 is 41.1. The van der Waals surface area contributed by atoms with Gasteiger partial charge in [0.25, 0.3) is 5.91 Å². The molecule has 0 aromatic carbocycles. The van der Waals surface area contributed by atoms with Crippen molar-refractivity contribution in [3.8, 4) is 5.69 Å². The number of amides is 1. The van der Waals surface area contributed by atoms with Crippen LogP contribution in [0.3, 0.4) is 0 Å². The van der Waals surface area contributed by atoms with Gasteiger partial charge in [-0.3, -0.25) is 9.78 Å². The molecule has 5 heterocycles. The quantitative estimate of drug-likeness (QED) is 0.387. The summed E-state index contributed by atoms with van der Waals surface area (Å²) in [6, 6.07) is 5.72. The molecule has 2 saturated heterocycles. The number of piperidine rings is 1. The molecule has 1 N–H and O–H groups in total. The maximum Gasteiger partial charge on any atom is 0.303 e. The first-order valence-electron chi connectivity index (χ1n) is 15.2. The lowest BCUT2D eigenvalue weighted by Crippen LogP contribution is -2.40. The highest BCUT2D eigenvalue weighted by Gasteiger charge is 2.32. The third-order valence-corrected chi connectivity index (χ3v) is 10.5. The summed E-state index contributed by atoms with van der Waals surface area (Å²) in [7, 11) is 0.478. The number of carbonyl (C=O) groups is 1. The van der Waals surface area contributed by atoms with Crippen LogP contribution in [-0.4, -0.2) is 92.5 Å². The van der Waals surface area contributed by atoms with Crippen LogP contribution in [0.5, 0.6) is 0 Å². The van der Waals surface area contributed by atoms with Crippen LogP contribution in [0, 0.1) is 5.92 Å². The minimum atomic E-state index is -4.01. The van der Waals surface area contributed by atoms with Crippen LogP contribution >= 0.6 is 0 Å². The zero-order valence-corrected chi connectivity index (χ0v) is 26.0. The molecule has 43 heavy (non-hydrogen) atoms. The molecule has 1 aliphatic carbocycles. The average molecular weight is 612 g/mol. The van der Waals surface area contributed by atoms with E-state index in [1.54, 1.807) is 19.4 Å². The van der Waals surface area contributed by atoms with Gasteiger partial charge in [-0.2, -0.15) is 17.8 Å². The smallest absolute Gasteiger partial charge is 0.303 e. The second-order valence-corrected chi connectivity index (χ2v) is 14.0. The lowest BCUT2D eigenvalue weighted by molar-refractivity contribution is 0.0845. The van der Waals surface area contributed by atoms with E-state index in [1.165, 1.54) is 14.1 Å². The first kappa shape index (κ1) is 29.9. The van der Waals surface area contributed by atoms with Crippen LogP contribution in [-0.2, 0) is 19.7 Å². The van der Waals surface area contributed by atoms with Crippen LogP contribution in [0.1, 0.15) is 78.7 Å². The van der Waals surface area contributed by atoms with Gasteiger partial charge in [0.15, 0.2) is 5.65 Å². The summed E-state index contributed by atoms with van der Waals surface area (Å²) in [5.74, 6) is 0.305. The van der Waals surface area contributed by atoms with E-state index in [0.29, 0.717) is 36.6 Å². The third kappa shape index (κ3) is 6.13. The highest BCUT2D eigenvalue weighted by atomic mass is 32.2. The van der Waals surface area contributed by atoms with Crippen molar-refractivity contribution in [2.75, 3.05) is 59.0 Å². The molecular weight excluding hydrogens is 570 g/mol. The molecule has 6 rings (SSSR count). The van der Waals surface area contributed by atoms with Crippen LogP contribution in [0.4, 0.5) is 5.69 Å². The summed E-state index contributed by atoms with van der Waals surface area (Å²) in [5, 5.41) is 6.10. The predicted octanol–water partition coefficient (Wildman–Crippen LogP) is 3.38. The molecule has 12 nitrogen and oxygen atoms in total. The molecule has 0 spiro atoms. The van der Waals surface area contributed by atoms with Crippen molar-refractivity contribution in [1.29, 1.82) is 0 Å². The average Bonchev–Trinajstić information content (AvgIpc) is 3.35. The number of nitrogens with one attached hydrogen (secondary N) is 1. The van der Waals surface area contributed by atoms with Gasteiger partial charge in [-0.05, 0) is 62.6 Å². The number of hydrogen-bond acceptors (Lipinski definition) is 9. The first-order chi connectivity index (χ1) is 20.7. The second-order valence-electron chi connectivity index (χ2n) is 12.1. The summed E-state index contributed by atoms with van der Waals surface area (Å²) in [6.45, 7) is 3.74. The Balaban J connectivity index is 1.49. The molecule has 0 radical (unpaired) electrons. The molecule has 232 valence electrons. The number of hydrogen-bond donors (Lipinski definition) is 1. The van der Waals surface area contributed by atoms with Crippen molar-refractivity contribution in [1.82, 2.24) is 28.8 Å². The highest BCUT2D eigenvalue weighted by Crippen LogP contribution is 2.43. The molecular formula is C30H41N7O5S. The Labute approximate surface area is 252 Å². The van der Waals surface area contributed by atoms with Gasteiger partial charge in [-0.25, -0.2) is 14.4 Å². The minimum Gasteiger partial charge on any atom is -0.384 e. The molecule has 0 bridgehead atoms. The number of anilines is 1. The molecule has 3 aromatic heterocycles. The summed E-state index contributed by atoms with van der Waals surface area (Å²) >= 11 is 0. The fourth-order valence-corrected chi connectivity index (χ4v) is 6.78. The van der Waals surface area contributed by atoms with Crippen LogP contribution in [0.2, 0.25) is 0 Å². The molecule has 0 atom stereocenters. The normalized spacial score (nSPS) is 19.2. The topological polar surface area (TPSA) is 132 Å². The molecule has 3 fully saturated rings. The van der Waals surface area contributed by atoms with E-state index in [0.717, 1.165) is 97.1 Å². The Morgan fingerprint density at radius 1 is 1.09 bits per heavy atom. The van der Waals surface area contributed by atoms with Crippen molar-refractivity contribution < 1.29 is 22.7 Å². The first-order valence-corrected chi connectivity index (χ1v) is 16.7. The third-order valence-electron chi connectivity index (χ3n) is 9.08. The fourth-order valence-electron chi connectivity index (χ4n) is 6.26. The number of carbonyl (C=O) groups excluding carboxylic acids is 1. The lowest BCUT2D eigenvalue weighted by Gasteiger charge is -2.34. The molecule has 3 aliphatic rings. The van der Waals surface area contributed by atoms with Gasteiger partial charge in [0, 0.05) is 77.8 Å². The predicted molar refractivity (Wildman–Crippen MR) is 163 cm³/mol. The Kier molecular flexibility index (Phi) is 8.67. The SMILES string of the molecule is COCC1CCN(c2cc(C(=O)NS(=O)(=O)N(C)C)nc3c2c(C2CCC2)nn3-c2ccnc(C3CCOCC3)c2)CC1. The number of nitrogens with zero attached hydrogens (tertiary/aromatic N) is 6. The van der Waals surface area contributed by atoms with E-state index < -0.39 is 16.1 Å².